The van der Waals surface area contributed by atoms with Crippen molar-refractivity contribution in [2.45, 2.75) is 206 Å². The summed E-state index contributed by atoms with van der Waals surface area (Å²) in [5, 5.41) is 0. The van der Waals surface area contributed by atoms with E-state index in [-0.39, 0.29) is 24.9 Å². The molecule has 0 aliphatic rings. The van der Waals surface area contributed by atoms with Crippen molar-refractivity contribution in [3.8, 4) is 0 Å². The predicted octanol–water partition coefficient (Wildman–Crippen LogP) is 9.39. The van der Waals surface area contributed by atoms with Gasteiger partial charge in [-0.3, -0.25) is 9.05 Å². The lowest BCUT2D eigenvalue weighted by atomic mass is 9.98. The molecule has 4 atom stereocenters. The van der Waals surface area contributed by atoms with Gasteiger partial charge in [0.2, 0.25) is 0 Å². The molecule has 9 heteroatoms. The minimum atomic E-state index is -4.22. The molecule has 0 saturated carbocycles. The molecule has 0 aromatic rings. The van der Waals surface area contributed by atoms with Crippen LogP contribution in [0.1, 0.15) is 169 Å². The fourth-order valence-corrected chi connectivity index (χ4v) is 6.53. The van der Waals surface area contributed by atoms with Gasteiger partial charge in [-0.25, -0.2) is 4.57 Å². The Morgan fingerprint density at radius 2 is 0.930 bits per heavy atom. The molecule has 43 heavy (non-hydrogen) atoms. The summed E-state index contributed by atoms with van der Waals surface area (Å²) in [7, 11) is -0.200. The van der Waals surface area contributed by atoms with Crippen LogP contribution in [0.4, 0.5) is 0 Å². The number of ether oxygens (including phenoxy) is 2. The summed E-state index contributed by atoms with van der Waals surface area (Å²) in [4.78, 5) is 10.6. The molecule has 0 aliphatic carbocycles. The number of rotatable bonds is 34. The Morgan fingerprint density at radius 1 is 0.535 bits per heavy atom. The zero-order valence-electron chi connectivity index (χ0n) is 29.6. The van der Waals surface area contributed by atoms with Crippen molar-refractivity contribution in [2.24, 2.45) is 0 Å². The average molecular weight is 631 g/mol. The first-order valence-corrected chi connectivity index (χ1v) is 20.3. The van der Waals surface area contributed by atoms with Gasteiger partial charge < -0.3 is 14.4 Å². The predicted molar refractivity (Wildman–Crippen MR) is 190 cm³/mol. The molecule has 0 radical (unpaired) electrons. The minimum Gasteiger partial charge on any atom is -0.376 e. The van der Waals surface area contributed by atoms with E-state index in [1.807, 2.05) is 7.85 Å². The summed E-state index contributed by atoms with van der Waals surface area (Å²) in [5.74, 6) is 0. The molecule has 0 fully saturated rings. The standard InChI is InChI=1S/C34H73B2O6P/c1-5-9-13-16-20-24-31(23-19-12-8-4)39-29-34(28-36)42-43(37,38)40-30-33(27-35)41-32(25-21-17-14-10-6-2)26-22-18-15-11-7-3/h31-34H,5-30,35-36H2,1-4H3,(H,37,38)/t31?,33-,34-/m1/s1. The Kier molecular flexibility index (Phi) is 30.9. The highest BCUT2D eigenvalue weighted by molar-refractivity contribution is 7.47. The summed E-state index contributed by atoms with van der Waals surface area (Å²) in [6, 6.07) is 0. The summed E-state index contributed by atoms with van der Waals surface area (Å²) in [6.07, 6.45) is 27.5. The lowest BCUT2D eigenvalue weighted by Crippen LogP contribution is -2.27. The fourth-order valence-electron chi connectivity index (χ4n) is 5.53. The second-order valence-corrected chi connectivity index (χ2v) is 14.2. The van der Waals surface area contributed by atoms with Crippen LogP contribution in [0.5, 0.6) is 0 Å². The molecule has 1 N–H and O–H groups in total. The summed E-state index contributed by atoms with van der Waals surface area (Å²) < 4.78 is 36.9. The van der Waals surface area contributed by atoms with Crippen molar-refractivity contribution in [1.82, 2.24) is 0 Å². The SMILES string of the molecule is BC[C@H](COP(=O)(O)O[C@H](CB)COC(CCCCC)CCCCCCC)OC(CCCCCCC)CCCCCCC. The highest BCUT2D eigenvalue weighted by Crippen LogP contribution is 2.45. The molecule has 0 aliphatic heterocycles. The number of phosphoric ester groups is 1. The molecule has 0 aromatic carbocycles. The summed E-state index contributed by atoms with van der Waals surface area (Å²) >= 11 is 0. The first kappa shape index (κ1) is 43.2. The third kappa shape index (κ3) is 27.0. The van der Waals surface area contributed by atoms with Gasteiger partial charge in [-0.2, -0.15) is 0 Å². The maximum atomic E-state index is 13.0. The van der Waals surface area contributed by atoms with Gasteiger partial charge in [-0.05, 0) is 25.7 Å². The quantitative estimate of drug-likeness (QED) is 0.0434. The van der Waals surface area contributed by atoms with Crippen molar-refractivity contribution in [3.05, 3.63) is 0 Å². The van der Waals surface area contributed by atoms with Gasteiger partial charge in [0.25, 0.3) is 0 Å². The van der Waals surface area contributed by atoms with E-state index in [9.17, 15) is 9.46 Å². The molecule has 2 unspecified atom stereocenters. The number of phosphoric acid groups is 1. The van der Waals surface area contributed by atoms with E-state index in [2.05, 4.69) is 35.5 Å². The molecule has 0 amide bonds. The van der Waals surface area contributed by atoms with Gasteiger partial charge in [-0.1, -0.05) is 156 Å². The van der Waals surface area contributed by atoms with E-state index < -0.39 is 13.9 Å². The van der Waals surface area contributed by atoms with Crippen LogP contribution < -0.4 is 0 Å². The lowest BCUT2D eigenvalue weighted by Gasteiger charge is -2.27. The molecule has 0 spiro atoms. The molecule has 0 aromatic heterocycles. The monoisotopic (exact) mass is 631 g/mol. The van der Waals surface area contributed by atoms with Crippen LogP contribution in [-0.4, -0.2) is 58.2 Å². The second kappa shape index (κ2) is 30.8. The Hall–Kier alpha value is 0.160. The van der Waals surface area contributed by atoms with Crippen molar-refractivity contribution in [2.75, 3.05) is 13.2 Å². The fraction of sp³-hybridized carbons (Fsp3) is 1.00. The van der Waals surface area contributed by atoms with E-state index in [1.165, 1.54) is 109 Å². The Balaban J connectivity index is 4.85. The number of hydrogen-bond donors (Lipinski definition) is 1. The van der Waals surface area contributed by atoms with Crippen molar-refractivity contribution in [3.63, 3.8) is 0 Å². The third-order valence-corrected chi connectivity index (χ3v) is 9.58. The number of hydrogen-bond acceptors (Lipinski definition) is 5. The average Bonchev–Trinajstić information content (AvgIpc) is 3.00. The Morgan fingerprint density at radius 3 is 1.37 bits per heavy atom. The molecular weight excluding hydrogens is 557 g/mol. The maximum Gasteiger partial charge on any atom is 0.472 e. The normalized spacial score (nSPS) is 15.5. The smallest absolute Gasteiger partial charge is 0.376 e. The van der Waals surface area contributed by atoms with E-state index in [1.54, 1.807) is 0 Å². The first-order valence-electron chi connectivity index (χ1n) is 18.8. The van der Waals surface area contributed by atoms with Crippen molar-refractivity contribution >= 4 is 23.5 Å². The van der Waals surface area contributed by atoms with E-state index >= 15 is 0 Å². The van der Waals surface area contributed by atoms with Gasteiger partial charge in [0.15, 0.2) is 0 Å². The van der Waals surface area contributed by atoms with E-state index in [4.69, 9.17) is 18.5 Å². The minimum absolute atomic E-state index is 0.0706. The molecule has 0 saturated heterocycles. The Bertz CT molecular complexity index is 616. The molecule has 256 valence electrons. The van der Waals surface area contributed by atoms with Crippen LogP contribution in [0.2, 0.25) is 12.6 Å². The van der Waals surface area contributed by atoms with Crippen LogP contribution >= 0.6 is 7.82 Å². The molecular formula is C34H73B2O6P. The summed E-state index contributed by atoms with van der Waals surface area (Å²) in [5.41, 5.74) is 0. The Labute approximate surface area is 270 Å². The van der Waals surface area contributed by atoms with Crippen molar-refractivity contribution < 1.29 is 28.0 Å². The van der Waals surface area contributed by atoms with Crippen LogP contribution in [0, 0.1) is 0 Å². The van der Waals surface area contributed by atoms with Crippen molar-refractivity contribution in [1.29, 1.82) is 0 Å². The van der Waals surface area contributed by atoms with Gasteiger partial charge in [-0.15, -0.1) is 0 Å². The molecule has 0 heterocycles. The highest BCUT2D eigenvalue weighted by Gasteiger charge is 2.28. The number of unbranched alkanes of at least 4 members (excludes halogenated alkanes) is 14. The second-order valence-electron chi connectivity index (χ2n) is 12.7. The van der Waals surface area contributed by atoms with Gasteiger partial charge in [0, 0.05) is 0 Å². The largest absolute Gasteiger partial charge is 0.472 e. The molecule has 0 rings (SSSR count). The highest BCUT2D eigenvalue weighted by atomic mass is 31.2. The van der Waals surface area contributed by atoms with E-state index in [0.29, 0.717) is 12.9 Å². The van der Waals surface area contributed by atoms with Gasteiger partial charge >= 0.3 is 7.82 Å². The zero-order valence-corrected chi connectivity index (χ0v) is 30.5. The van der Waals surface area contributed by atoms with Crippen LogP contribution in [-0.2, 0) is 23.1 Å². The zero-order chi connectivity index (χ0) is 32.0. The van der Waals surface area contributed by atoms with Crippen LogP contribution in [0.25, 0.3) is 0 Å². The summed E-state index contributed by atoms with van der Waals surface area (Å²) in [6.45, 7) is 9.34. The van der Waals surface area contributed by atoms with E-state index in [0.717, 1.165) is 38.4 Å². The molecule has 0 bridgehead atoms. The lowest BCUT2D eigenvalue weighted by molar-refractivity contribution is -0.0451. The van der Waals surface area contributed by atoms with Crippen LogP contribution in [0.3, 0.4) is 0 Å². The maximum absolute atomic E-state index is 13.0. The molecule has 6 nitrogen and oxygen atoms in total. The van der Waals surface area contributed by atoms with Gasteiger partial charge in [0.1, 0.15) is 15.7 Å². The third-order valence-electron chi connectivity index (χ3n) is 8.54. The van der Waals surface area contributed by atoms with Crippen LogP contribution in [0.15, 0.2) is 0 Å². The first-order chi connectivity index (χ1) is 20.8. The topological polar surface area (TPSA) is 74.2 Å². The van der Waals surface area contributed by atoms with Gasteiger partial charge in [0.05, 0.1) is 37.6 Å².